The second-order valence-electron chi connectivity index (χ2n) is 4.09. The fraction of sp³-hybridized carbons (Fsp3) is 0.0714. The average molecular weight is 223 g/mol. The van der Waals surface area contributed by atoms with Gasteiger partial charge in [0.15, 0.2) is 5.65 Å². The van der Waals surface area contributed by atoms with E-state index in [2.05, 4.69) is 17.1 Å². The van der Waals surface area contributed by atoms with Crippen LogP contribution in [-0.4, -0.2) is 9.38 Å². The van der Waals surface area contributed by atoms with Crippen molar-refractivity contribution >= 4 is 11.3 Å². The summed E-state index contributed by atoms with van der Waals surface area (Å²) in [6.07, 6.45) is 4.83. The highest BCUT2D eigenvalue weighted by molar-refractivity contribution is 5.64. The molecule has 3 aromatic rings. The van der Waals surface area contributed by atoms with Crippen molar-refractivity contribution in [2.24, 2.45) is 0 Å². The first-order valence-electron chi connectivity index (χ1n) is 5.59. The summed E-state index contributed by atoms with van der Waals surface area (Å²) < 4.78 is 1.97. The zero-order valence-corrected chi connectivity index (χ0v) is 9.38. The van der Waals surface area contributed by atoms with Gasteiger partial charge in [-0.25, -0.2) is 4.98 Å². The van der Waals surface area contributed by atoms with Crippen molar-refractivity contribution in [2.45, 2.75) is 6.42 Å². The molecule has 3 nitrogen and oxygen atoms in total. The lowest BCUT2D eigenvalue weighted by molar-refractivity contribution is 1.11. The van der Waals surface area contributed by atoms with Gasteiger partial charge in [-0.3, -0.25) is 0 Å². The number of hydrogen-bond acceptors (Lipinski definition) is 2. The van der Waals surface area contributed by atoms with E-state index in [1.807, 2.05) is 47.1 Å². The van der Waals surface area contributed by atoms with Crippen LogP contribution in [0.2, 0.25) is 0 Å². The summed E-state index contributed by atoms with van der Waals surface area (Å²) in [4.78, 5) is 4.55. The third kappa shape index (κ3) is 1.87. The molecule has 2 N–H and O–H groups in total. The summed E-state index contributed by atoms with van der Waals surface area (Å²) in [5, 5.41) is 0. The Morgan fingerprint density at radius 1 is 1.06 bits per heavy atom. The normalized spacial score (nSPS) is 10.8. The number of imidazole rings is 1. The highest BCUT2D eigenvalue weighted by Gasteiger charge is 2.04. The molecule has 3 rings (SSSR count). The molecular formula is C14H13N3. The van der Waals surface area contributed by atoms with Gasteiger partial charge in [0.1, 0.15) is 0 Å². The minimum Gasteiger partial charge on any atom is -0.396 e. The SMILES string of the molecule is Nc1cccn2cc(Cc3ccccc3)nc12. The topological polar surface area (TPSA) is 43.3 Å². The molecule has 0 saturated heterocycles. The maximum absolute atomic E-state index is 5.88. The molecule has 0 amide bonds. The first-order valence-corrected chi connectivity index (χ1v) is 5.59. The fourth-order valence-electron chi connectivity index (χ4n) is 1.98. The van der Waals surface area contributed by atoms with E-state index in [-0.39, 0.29) is 0 Å². The first kappa shape index (κ1) is 9.90. The van der Waals surface area contributed by atoms with Gasteiger partial charge in [-0.05, 0) is 17.7 Å². The Morgan fingerprint density at radius 2 is 1.88 bits per heavy atom. The quantitative estimate of drug-likeness (QED) is 0.725. The monoisotopic (exact) mass is 223 g/mol. The lowest BCUT2D eigenvalue weighted by Crippen LogP contribution is -1.90. The number of rotatable bonds is 2. The third-order valence-corrected chi connectivity index (χ3v) is 2.79. The highest BCUT2D eigenvalue weighted by atomic mass is 15.0. The molecule has 0 fully saturated rings. The van der Waals surface area contributed by atoms with E-state index >= 15 is 0 Å². The molecule has 0 unspecified atom stereocenters. The smallest absolute Gasteiger partial charge is 0.160 e. The van der Waals surface area contributed by atoms with E-state index in [9.17, 15) is 0 Å². The fourth-order valence-corrected chi connectivity index (χ4v) is 1.98. The maximum Gasteiger partial charge on any atom is 0.160 e. The zero-order valence-electron chi connectivity index (χ0n) is 9.38. The number of fused-ring (bicyclic) bond motifs is 1. The summed E-state index contributed by atoms with van der Waals surface area (Å²) in [5.41, 5.74) is 9.72. The minimum atomic E-state index is 0.715. The Balaban J connectivity index is 1.99. The van der Waals surface area contributed by atoms with E-state index in [4.69, 9.17) is 5.73 Å². The number of nitrogens with zero attached hydrogens (tertiary/aromatic N) is 2. The highest BCUT2D eigenvalue weighted by Crippen LogP contribution is 2.15. The van der Waals surface area contributed by atoms with E-state index in [0.717, 1.165) is 17.8 Å². The molecule has 0 spiro atoms. The Hall–Kier alpha value is -2.29. The second-order valence-corrected chi connectivity index (χ2v) is 4.09. The van der Waals surface area contributed by atoms with Gasteiger partial charge in [0.25, 0.3) is 0 Å². The number of anilines is 1. The standard InChI is InChI=1S/C14H13N3/c15-13-7-4-8-17-10-12(16-14(13)17)9-11-5-2-1-3-6-11/h1-8,10H,9,15H2. The third-order valence-electron chi connectivity index (χ3n) is 2.79. The Bertz CT molecular complexity index is 641. The number of aromatic nitrogens is 2. The molecule has 0 radical (unpaired) electrons. The summed E-state index contributed by atoms with van der Waals surface area (Å²) in [6, 6.07) is 14.1. The van der Waals surface area contributed by atoms with Crippen LogP contribution in [0.25, 0.3) is 5.65 Å². The van der Waals surface area contributed by atoms with Crippen LogP contribution in [0.3, 0.4) is 0 Å². The van der Waals surface area contributed by atoms with Crippen molar-refractivity contribution in [2.75, 3.05) is 5.73 Å². The largest absolute Gasteiger partial charge is 0.396 e. The van der Waals surface area contributed by atoms with Crippen molar-refractivity contribution in [1.29, 1.82) is 0 Å². The number of benzene rings is 1. The number of nitrogens with two attached hydrogens (primary N) is 1. The summed E-state index contributed by atoms with van der Waals surface area (Å²) in [5.74, 6) is 0. The van der Waals surface area contributed by atoms with Crippen LogP contribution in [0.1, 0.15) is 11.3 Å². The van der Waals surface area contributed by atoms with Crippen molar-refractivity contribution in [3.8, 4) is 0 Å². The van der Waals surface area contributed by atoms with Crippen molar-refractivity contribution in [1.82, 2.24) is 9.38 Å². The van der Waals surface area contributed by atoms with Crippen LogP contribution in [0.15, 0.2) is 54.9 Å². The average Bonchev–Trinajstić information content (AvgIpc) is 2.74. The molecule has 0 atom stereocenters. The zero-order chi connectivity index (χ0) is 11.7. The number of hydrogen-bond donors (Lipinski definition) is 1. The van der Waals surface area contributed by atoms with E-state index in [1.54, 1.807) is 0 Å². The Morgan fingerprint density at radius 3 is 2.65 bits per heavy atom. The van der Waals surface area contributed by atoms with Crippen molar-refractivity contribution < 1.29 is 0 Å². The van der Waals surface area contributed by atoms with Crippen LogP contribution >= 0.6 is 0 Å². The molecule has 1 aromatic carbocycles. The Labute approximate surface area is 99.5 Å². The minimum absolute atomic E-state index is 0.715. The van der Waals surface area contributed by atoms with Gasteiger partial charge >= 0.3 is 0 Å². The predicted octanol–water partition coefficient (Wildman–Crippen LogP) is 2.51. The molecule has 17 heavy (non-hydrogen) atoms. The molecule has 3 heteroatoms. The lowest BCUT2D eigenvalue weighted by Gasteiger charge is -1.95. The first-order chi connectivity index (χ1) is 8.33. The number of pyridine rings is 1. The van der Waals surface area contributed by atoms with Crippen molar-refractivity contribution in [3.63, 3.8) is 0 Å². The molecule has 0 aliphatic rings. The van der Waals surface area contributed by atoms with Gasteiger partial charge in [-0.2, -0.15) is 0 Å². The molecular weight excluding hydrogens is 210 g/mol. The summed E-state index contributed by atoms with van der Waals surface area (Å²) >= 11 is 0. The molecule has 2 aromatic heterocycles. The van der Waals surface area contributed by atoms with Gasteiger partial charge < -0.3 is 10.1 Å². The van der Waals surface area contributed by atoms with Crippen LogP contribution in [0.4, 0.5) is 5.69 Å². The maximum atomic E-state index is 5.88. The van der Waals surface area contributed by atoms with E-state index in [1.165, 1.54) is 5.56 Å². The van der Waals surface area contributed by atoms with Gasteiger partial charge in [0.2, 0.25) is 0 Å². The summed E-state index contributed by atoms with van der Waals surface area (Å²) in [6.45, 7) is 0. The number of nitrogen functional groups attached to an aromatic ring is 1. The van der Waals surface area contributed by atoms with E-state index in [0.29, 0.717) is 5.69 Å². The van der Waals surface area contributed by atoms with Crippen LogP contribution in [0.5, 0.6) is 0 Å². The molecule has 0 saturated carbocycles. The van der Waals surface area contributed by atoms with Crippen LogP contribution < -0.4 is 5.73 Å². The predicted molar refractivity (Wildman–Crippen MR) is 68.9 cm³/mol. The summed E-state index contributed by atoms with van der Waals surface area (Å²) in [7, 11) is 0. The molecule has 0 aliphatic heterocycles. The van der Waals surface area contributed by atoms with Crippen LogP contribution in [-0.2, 0) is 6.42 Å². The lowest BCUT2D eigenvalue weighted by atomic mass is 10.1. The van der Waals surface area contributed by atoms with E-state index < -0.39 is 0 Å². The van der Waals surface area contributed by atoms with Gasteiger partial charge in [-0.15, -0.1) is 0 Å². The molecule has 0 bridgehead atoms. The van der Waals surface area contributed by atoms with Crippen LogP contribution in [0, 0.1) is 0 Å². The second kappa shape index (κ2) is 3.94. The van der Waals surface area contributed by atoms with Gasteiger partial charge in [0.05, 0.1) is 11.4 Å². The molecule has 84 valence electrons. The van der Waals surface area contributed by atoms with Gasteiger partial charge in [0, 0.05) is 18.8 Å². The Kier molecular flexibility index (Phi) is 2.29. The molecule has 0 aliphatic carbocycles. The van der Waals surface area contributed by atoms with Gasteiger partial charge in [-0.1, -0.05) is 30.3 Å². The van der Waals surface area contributed by atoms with Crippen molar-refractivity contribution in [3.05, 3.63) is 66.1 Å². The molecule has 2 heterocycles.